The Balaban J connectivity index is 1.13. The quantitative estimate of drug-likeness (QED) is 0.533. The lowest BCUT2D eigenvalue weighted by Crippen LogP contribution is -2.72. The van der Waals surface area contributed by atoms with Crippen molar-refractivity contribution in [3.8, 4) is 0 Å². The molecule has 3 fully saturated rings. The van der Waals surface area contributed by atoms with Gasteiger partial charge in [0.1, 0.15) is 16.3 Å². The van der Waals surface area contributed by atoms with Crippen LogP contribution in [0.3, 0.4) is 0 Å². The van der Waals surface area contributed by atoms with Crippen LogP contribution in [0.1, 0.15) is 53.1 Å². The van der Waals surface area contributed by atoms with Gasteiger partial charge in [0.25, 0.3) is 11.8 Å². The van der Waals surface area contributed by atoms with Gasteiger partial charge in [-0.2, -0.15) is 0 Å². The number of nitrogens with one attached hydrogen (secondary N) is 3. The van der Waals surface area contributed by atoms with E-state index in [1.807, 2.05) is 0 Å². The number of carbonyl (C=O) groups is 3. The molecule has 36 heavy (non-hydrogen) atoms. The van der Waals surface area contributed by atoms with Gasteiger partial charge >= 0.3 is 0 Å². The Bertz CT molecular complexity index is 1330. The third-order valence-corrected chi connectivity index (χ3v) is 10.3. The van der Waals surface area contributed by atoms with Crippen LogP contribution in [0.5, 0.6) is 0 Å². The summed E-state index contributed by atoms with van der Waals surface area (Å²) >= 11 is 5.98. The molecule has 0 bridgehead atoms. The van der Waals surface area contributed by atoms with Gasteiger partial charge in [-0.3, -0.25) is 14.4 Å². The minimum Gasteiger partial charge on any atom is -0.348 e. The number of sulfone groups is 1. The number of H-pyrrole nitrogens is 1. The molecule has 3 aliphatic rings. The van der Waals surface area contributed by atoms with E-state index >= 15 is 0 Å². The number of aromatic nitrogens is 2. The van der Waals surface area contributed by atoms with Gasteiger partial charge in [-0.1, -0.05) is 11.6 Å². The normalized spacial score (nSPS) is 23.9. The van der Waals surface area contributed by atoms with E-state index in [9.17, 15) is 27.2 Å². The number of hydrogen-bond acceptors (Lipinski definition) is 6. The maximum atomic E-state index is 13.2. The number of halogens is 2. The minimum absolute atomic E-state index is 0.0308. The Labute approximate surface area is 211 Å². The maximum absolute atomic E-state index is 13.2. The van der Waals surface area contributed by atoms with E-state index in [-0.39, 0.29) is 53.1 Å². The number of nitrogens with zero attached hydrogens (tertiary/aromatic N) is 2. The van der Waals surface area contributed by atoms with Crippen molar-refractivity contribution in [3.05, 3.63) is 46.8 Å². The number of aromatic amines is 1. The van der Waals surface area contributed by atoms with Crippen molar-refractivity contribution in [1.29, 1.82) is 0 Å². The van der Waals surface area contributed by atoms with Crippen LogP contribution in [-0.4, -0.2) is 70.6 Å². The third-order valence-electron chi connectivity index (χ3n) is 7.42. The van der Waals surface area contributed by atoms with Crippen molar-refractivity contribution in [2.45, 2.75) is 42.9 Å². The molecular formula is C23H25ClFN5O5S. The molecule has 3 amide bonds. The number of imidazole rings is 1. The van der Waals surface area contributed by atoms with Crippen LogP contribution in [0.15, 0.2) is 24.5 Å². The molecule has 1 aromatic carbocycles. The molecule has 1 aliphatic carbocycles. The molecule has 192 valence electrons. The first-order valence-corrected chi connectivity index (χ1v) is 13.7. The summed E-state index contributed by atoms with van der Waals surface area (Å²) in [7, 11) is -3.15. The molecule has 1 saturated carbocycles. The average Bonchev–Trinajstić information content (AvgIpc) is 3.30. The molecule has 0 radical (unpaired) electrons. The lowest BCUT2D eigenvalue weighted by Gasteiger charge is -2.54. The van der Waals surface area contributed by atoms with E-state index in [1.165, 1.54) is 23.4 Å². The highest BCUT2D eigenvalue weighted by atomic mass is 35.5. The summed E-state index contributed by atoms with van der Waals surface area (Å²) in [6, 6.07) is 3.58. The van der Waals surface area contributed by atoms with Crippen LogP contribution < -0.4 is 10.6 Å². The summed E-state index contributed by atoms with van der Waals surface area (Å²) in [5.74, 6) is -1.78. The number of benzene rings is 1. The summed E-state index contributed by atoms with van der Waals surface area (Å²) < 4.78 is 36.4. The van der Waals surface area contributed by atoms with E-state index < -0.39 is 32.2 Å². The van der Waals surface area contributed by atoms with Gasteiger partial charge in [-0.05, 0) is 50.3 Å². The van der Waals surface area contributed by atoms with Crippen LogP contribution in [0.25, 0.3) is 0 Å². The third kappa shape index (κ3) is 4.36. The monoisotopic (exact) mass is 537 g/mol. The summed E-state index contributed by atoms with van der Waals surface area (Å²) in [5.41, 5.74) is 0.338. The van der Waals surface area contributed by atoms with E-state index in [4.69, 9.17) is 11.6 Å². The first kappa shape index (κ1) is 24.7. The molecule has 0 atom stereocenters. The Morgan fingerprint density at radius 2 is 1.89 bits per heavy atom. The summed E-state index contributed by atoms with van der Waals surface area (Å²) in [6.07, 6.45) is 4.00. The molecule has 2 aromatic rings. The second kappa shape index (κ2) is 9.15. The van der Waals surface area contributed by atoms with Crippen molar-refractivity contribution in [3.63, 3.8) is 0 Å². The summed E-state index contributed by atoms with van der Waals surface area (Å²) in [6.45, 7) is 0.245. The fourth-order valence-electron chi connectivity index (χ4n) is 5.07. The lowest BCUT2D eigenvalue weighted by molar-refractivity contribution is -0.120. The van der Waals surface area contributed by atoms with E-state index in [2.05, 4.69) is 20.6 Å². The number of hydrogen-bond donors (Lipinski definition) is 3. The fraction of sp³-hybridized carbons (Fsp3) is 0.478. The molecule has 2 saturated heterocycles. The molecule has 3 N–H and O–H groups in total. The van der Waals surface area contributed by atoms with E-state index in [1.54, 1.807) is 0 Å². The van der Waals surface area contributed by atoms with Gasteiger partial charge < -0.3 is 20.5 Å². The van der Waals surface area contributed by atoms with Crippen LogP contribution in [0.4, 0.5) is 10.1 Å². The van der Waals surface area contributed by atoms with Crippen LogP contribution in [0, 0.1) is 11.7 Å². The Morgan fingerprint density at radius 1 is 1.17 bits per heavy atom. The first-order valence-electron chi connectivity index (χ1n) is 11.7. The first-order chi connectivity index (χ1) is 17.1. The standard InChI is InChI=1S/C23H25ClFN5O5S/c24-16-9-14(25)3-6-17(16)29-20(31)13-1-4-15(5-2-13)28-21(32)18-19(27-12-26-18)22(33)30-10-23(11-30)7-8-36(23,34)35/h3,6,9,12-13,15H,1-2,4-5,7-8,10-11H2,(H,26,27)(H,28,32)(H,29,31)/t13-,15-. The fourth-order valence-corrected chi connectivity index (χ4v) is 7.10. The van der Waals surface area contributed by atoms with Crippen molar-refractivity contribution in [1.82, 2.24) is 20.2 Å². The van der Waals surface area contributed by atoms with Gasteiger partial charge in [-0.25, -0.2) is 17.8 Å². The second-order valence-corrected chi connectivity index (χ2v) is 12.6. The lowest BCUT2D eigenvalue weighted by atomic mass is 9.85. The number of anilines is 1. The summed E-state index contributed by atoms with van der Waals surface area (Å²) in [5, 5.41) is 5.75. The molecule has 0 unspecified atom stereocenters. The zero-order valence-corrected chi connectivity index (χ0v) is 20.8. The predicted octanol–water partition coefficient (Wildman–Crippen LogP) is 2.14. The molecular weight excluding hydrogens is 513 g/mol. The smallest absolute Gasteiger partial charge is 0.275 e. The SMILES string of the molecule is O=C(N[C@H]1CC[C@H](C(=O)Nc2ccc(F)cc2Cl)CC1)c1[nH]cnc1C(=O)N1CC2(CCS2(=O)=O)C1. The molecule has 1 spiro atoms. The topological polar surface area (TPSA) is 141 Å². The average molecular weight is 538 g/mol. The Kier molecular flexibility index (Phi) is 6.27. The highest BCUT2D eigenvalue weighted by Crippen LogP contribution is 2.42. The van der Waals surface area contributed by atoms with Gasteiger partial charge in [0.15, 0.2) is 15.5 Å². The van der Waals surface area contributed by atoms with Crippen molar-refractivity contribution < 1.29 is 27.2 Å². The van der Waals surface area contributed by atoms with Crippen LogP contribution in [0.2, 0.25) is 5.02 Å². The molecule has 1 aromatic heterocycles. The minimum atomic E-state index is -3.15. The Hall–Kier alpha value is -2.99. The van der Waals surface area contributed by atoms with Gasteiger partial charge in [-0.15, -0.1) is 0 Å². The highest BCUT2D eigenvalue weighted by molar-refractivity contribution is 7.94. The number of carbonyl (C=O) groups excluding carboxylic acids is 3. The number of rotatable bonds is 5. The molecule has 2 aliphatic heterocycles. The molecule has 13 heteroatoms. The van der Waals surface area contributed by atoms with E-state index in [0.29, 0.717) is 37.8 Å². The summed E-state index contributed by atoms with van der Waals surface area (Å²) in [4.78, 5) is 46.5. The van der Waals surface area contributed by atoms with Crippen molar-refractivity contribution in [2.24, 2.45) is 5.92 Å². The van der Waals surface area contributed by atoms with Gasteiger partial charge in [0.2, 0.25) is 5.91 Å². The Morgan fingerprint density at radius 3 is 2.50 bits per heavy atom. The van der Waals surface area contributed by atoms with Crippen LogP contribution >= 0.6 is 11.6 Å². The maximum Gasteiger partial charge on any atom is 0.275 e. The highest BCUT2D eigenvalue weighted by Gasteiger charge is 2.61. The molecule has 5 rings (SSSR count). The van der Waals surface area contributed by atoms with Crippen LogP contribution in [-0.2, 0) is 14.6 Å². The largest absolute Gasteiger partial charge is 0.348 e. The van der Waals surface area contributed by atoms with Crippen molar-refractivity contribution in [2.75, 3.05) is 24.2 Å². The zero-order valence-electron chi connectivity index (χ0n) is 19.2. The van der Waals surface area contributed by atoms with Gasteiger partial charge in [0.05, 0.1) is 22.8 Å². The predicted molar refractivity (Wildman–Crippen MR) is 129 cm³/mol. The van der Waals surface area contributed by atoms with E-state index in [0.717, 1.165) is 6.07 Å². The number of likely N-dealkylation sites (tertiary alicyclic amines) is 1. The van der Waals surface area contributed by atoms with Gasteiger partial charge in [0, 0.05) is 25.0 Å². The van der Waals surface area contributed by atoms with Crippen molar-refractivity contribution >= 4 is 44.8 Å². The molecule has 3 heterocycles. The molecule has 10 nitrogen and oxygen atoms in total. The number of amides is 3. The second-order valence-electron chi connectivity index (χ2n) is 9.67. The zero-order chi connectivity index (χ0) is 25.7.